The molecule has 9 heteroatoms. The summed E-state index contributed by atoms with van der Waals surface area (Å²) < 4.78 is 54.2. The number of hydrogen-bond acceptors (Lipinski definition) is 3. The van der Waals surface area contributed by atoms with E-state index in [1.165, 1.54) is 18.9 Å². The molecule has 2 heterocycles. The fourth-order valence-corrected chi connectivity index (χ4v) is 3.33. The molecule has 0 saturated carbocycles. The van der Waals surface area contributed by atoms with Crippen molar-refractivity contribution in [3.8, 4) is 0 Å². The quantitative estimate of drug-likeness (QED) is 0.725. The molecule has 29 heavy (non-hydrogen) atoms. The topological polar surface area (TPSA) is 53.5 Å². The number of anilines is 2. The van der Waals surface area contributed by atoms with Gasteiger partial charge in [0.25, 0.3) is 5.91 Å². The highest BCUT2D eigenvalue weighted by Crippen LogP contribution is 2.35. The molecule has 2 atom stereocenters. The van der Waals surface area contributed by atoms with Gasteiger partial charge in [0.15, 0.2) is 0 Å². The highest BCUT2D eigenvalue weighted by molar-refractivity contribution is 6.08. The summed E-state index contributed by atoms with van der Waals surface area (Å²) in [5, 5.41) is 0. The molecule has 1 saturated heterocycles. The lowest BCUT2D eigenvalue weighted by atomic mass is 10.1. The summed E-state index contributed by atoms with van der Waals surface area (Å²) in [7, 11) is 1.43. The summed E-state index contributed by atoms with van der Waals surface area (Å²) in [6.45, 7) is 3.16. The van der Waals surface area contributed by atoms with Crippen molar-refractivity contribution in [2.45, 2.75) is 38.7 Å². The molecule has 2 aromatic rings. The van der Waals surface area contributed by atoms with Crippen molar-refractivity contribution in [1.29, 1.82) is 0 Å². The van der Waals surface area contributed by atoms with Crippen LogP contribution in [0.5, 0.6) is 0 Å². The van der Waals surface area contributed by atoms with Crippen LogP contribution >= 0.6 is 0 Å². The minimum atomic E-state index is -4.67. The molecular formula is C20H19F4N3O2. The molecule has 0 radical (unpaired) electrons. The van der Waals surface area contributed by atoms with Crippen LogP contribution in [0.2, 0.25) is 0 Å². The molecule has 1 aromatic heterocycles. The largest absolute Gasteiger partial charge is 0.416 e. The first kappa shape index (κ1) is 20.8. The van der Waals surface area contributed by atoms with E-state index in [0.29, 0.717) is 11.8 Å². The van der Waals surface area contributed by atoms with E-state index in [0.717, 1.165) is 16.5 Å². The Hall–Kier alpha value is -2.97. The molecule has 0 bridgehead atoms. The second kappa shape index (κ2) is 7.46. The van der Waals surface area contributed by atoms with E-state index >= 15 is 0 Å². The minimum absolute atomic E-state index is 0.00294. The SMILES string of the molecule is Cc1cccc(N(C)C(=O)[C@@H]2C(F)CC(=O)N2c2cc(C(F)(F)F)cc(C)n2)c1. The van der Waals surface area contributed by atoms with Gasteiger partial charge in [-0.2, -0.15) is 13.2 Å². The van der Waals surface area contributed by atoms with Crippen molar-refractivity contribution in [2.75, 3.05) is 16.8 Å². The third-order valence-corrected chi connectivity index (χ3v) is 4.75. The van der Waals surface area contributed by atoms with Crippen LogP contribution in [0.25, 0.3) is 0 Å². The van der Waals surface area contributed by atoms with E-state index < -0.39 is 48.0 Å². The van der Waals surface area contributed by atoms with Gasteiger partial charge < -0.3 is 4.90 Å². The maximum Gasteiger partial charge on any atom is 0.416 e. The first-order chi connectivity index (χ1) is 13.5. The average Bonchev–Trinajstić information content (AvgIpc) is 2.93. The number of pyridine rings is 1. The van der Waals surface area contributed by atoms with Gasteiger partial charge in [0, 0.05) is 18.4 Å². The number of likely N-dealkylation sites (N-methyl/N-ethyl adjacent to an activating group) is 1. The van der Waals surface area contributed by atoms with Crippen molar-refractivity contribution in [3.05, 3.63) is 53.2 Å². The van der Waals surface area contributed by atoms with Gasteiger partial charge >= 0.3 is 6.18 Å². The minimum Gasteiger partial charge on any atom is -0.314 e. The van der Waals surface area contributed by atoms with E-state index in [1.54, 1.807) is 18.2 Å². The normalized spacial score (nSPS) is 19.6. The molecule has 3 rings (SSSR count). The Morgan fingerprint density at radius 3 is 2.52 bits per heavy atom. The number of carbonyl (C=O) groups excluding carboxylic acids is 2. The van der Waals surface area contributed by atoms with Gasteiger partial charge in [-0.1, -0.05) is 12.1 Å². The van der Waals surface area contributed by atoms with Crippen LogP contribution in [-0.4, -0.2) is 36.1 Å². The van der Waals surface area contributed by atoms with Crippen LogP contribution in [0.15, 0.2) is 36.4 Å². The zero-order valence-corrected chi connectivity index (χ0v) is 16.0. The van der Waals surface area contributed by atoms with Crippen LogP contribution in [-0.2, 0) is 15.8 Å². The summed E-state index contributed by atoms with van der Waals surface area (Å²) in [5.74, 6) is -1.93. The number of aryl methyl sites for hydroxylation is 2. The zero-order chi connectivity index (χ0) is 21.5. The number of benzene rings is 1. The number of aromatic nitrogens is 1. The first-order valence-electron chi connectivity index (χ1n) is 8.85. The third-order valence-electron chi connectivity index (χ3n) is 4.75. The predicted molar refractivity (Wildman–Crippen MR) is 99.4 cm³/mol. The van der Waals surface area contributed by atoms with E-state index in [4.69, 9.17) is 0 Å². The number of rotatable bonds is 3. The molecule has 0 N–H and O–H groups in total. The Bertz CT molecular complexity index is 961. The number of nitrogens with zero attached hydrogens (tertiary/aromatic N) is 3. The first-order valence-corrected chi connectivity index (χ1v) is 8.85. The standard InChI is InChI=1S/C20H19F4N3O2/c1-11-5-4-6-14(7-11)26(3)19(29)18-15(21)10-17(28)27(18)16-9-13(20(22,23)24)8-12(2)25-16/h4-9,15,18H,10H2,1-3H3/t15?,18-/m0/s1. The molecule has 2 amide bonds. The predicted octanol–water partition coefficient (Wildman–Crippen LogP) is 3.82. The van der Waals surface area contributed by atoms with Crippen molar-refractivity contribution in [3.63, 3.8) is 0 Å². The Morgan fingerprint density at radius 2 is 1.90 bits per heavy atom. The Labute approximate surface area is 164 Å². The van der Waals surface area contributed by atoms with Crippen LogP contribution in [0.1, 0.15) is 23.2 Å². The molecule has 1 fully saturated rings. The van der Waals surface area contributed by atoms with E-state index in [-0.39, 0.29) is 5.69 Å². The lowest BCUT2D eigenvalue weighted by Gasteiger charge is -2.29. The number of hydrogen-bond donors (Lipinski definition) is 0. The molecular weight excluding hydrogens is 390 g/mol. The fraction of sp³-hybridized carbons (Fsp3) is 0.350. The van der Waals surface area contributed by atoms with Crippen molar-refractivity contribution < 1.29 is 27.2 Å². The molecule has 5 nitrogen and oxygen atoms in total. The Morgan fingerprint density at radius 1 is 1.21 bits per heavy atom. The summed E-state index contributed by atoms with van der Waals surface area (Å²) in [4.78, 5) is 31.3. The summed E-state index contributed by atoms with van der Waals surface area (Å²) in [6, 6.07) is 6.79. The highest BCUT2D eigenvalue weighted by atomic mass is 19.4. The van der Waals surface area contributed by atoms with E-state index in [2.05, 4.69) is 4.98 Å². The summed E-state index contributed by atoms with van der Waals surface area (Å²) in [5.41, 5.74) is 0.333. The van der Waals surface area contributed by atoms with Gasteiger partial charge in [0.05, 0.1) is 12.0 Å². The van der Waals surface area contributed by atoms with Crippen LogP contribution in [0.3, 0.4) is 0 Å². The van der Waals surface area contributed by atoms with Crippen LogP contribution < -0.4 is 9.80 Å². The maximum atomic E-state index is 14.7. The molecule has 0 aliphatic carbocycles. The van der Waals surface area contributed by atoms with Gasteiger partial charge in [-0.15, -0.1) is 0 Å². The Balaban J connectivity index is 2.01. The maximum absolute atomic E-state index is 14.7. The number of carbonyl (C=O) groups is 2. The van der Waals surface area contributed by atoms with Gasteiger partial charge in [-0.05, 0) is 43.7 Å². The monoisotopic (exact) mass is 409 g/mol. The van der Waals surface area contributed by atoms with Gasteiger partial charge in [-0.25, -0.2) is 9.37 Å². The fourth-order valence-electron chi connectivity index (χ4n) is 3.33. The second-order valence-corrected chi connectivity index (χ2v) is 7.02. The van der Waals surface area contributed by atoms with Gasteiger partial charge in [-0.3, -0.25) is 14.5 Å². The highest BCUT2D eigenvalue weighted by Gasteiger charge is 2.48. The summed E-state index contributed by atoms with van der Waals surface area (Å²) >= 11 is 0. The number of alkyl halides is 4. The lowest BCUT2D eigenvalue weighted by Crippen LogP contribution is -2.49. The van der Waals surface area contributed by atoms with E-state index in [1.807, 2.05) is 13.0 Å². The van der Waals surface area contributed by atoms with Crippen molar-refractivity contribution in [1.82, 2.24) is 4.98 Å². The van der Waals surface area contributed by atoms with E-state index in [9.17, 15) is 27.2 Å². The summed E-state index contributed by atoms with van der Waals surface area (Å²) in [6.07, 6.45) is -7.13. The smallest absolute Gasteiger partial charge is 0.314 e. The Kier molecular flexibility index (Phi) is 5.34. The number of halogens is 4. The molecule has 1 unspecified atom stereocenters. The lowest BCUT2D eigenvalue weighted by molar-refractivity contribution is -0.137. The molecule has 154 valence electrons. The number of amides is 2. The molecule has 0 spiro atoms. The van der Waals surface area contributed by atoms with Crippen molar-refractivity contribution >= 4 is 23.3 Å². The molecule has 1 aliphatic rings. The zero-order valence-electron chi connectivity index (χ0n) is 16.0. The van der Waals surface area contributed by atoms with Crippen LogP contribution in [0, 0.1) is 13.8 Å². The third kappa shape index (κ3) is 4.08. The second-order valence-electron chi connectivity index (χ2n) is 7.02. The van der Waals surface area contributed by atoms with Crippen LogP contribution in [0.4, 0.5) is 29.1 Å². The van der Waals surface area contributed by atoms with Gasteiger partial charge in [0.1, 0.15) is 18.0 Å². The molecule has 1 aliphatic heterocycles. The molecule has 1 aromatic carbocycles. The van der Waals surface area contributed by atoms with Gasteiger partial charge in [0.2, 0.25) is 5.91 Å². The average molecular weight is 409 g/mol. The van der Waals surface area contributed by atoms with Crippen molar-refractivity contribution in [2.24, 2.45) is 0 Å².